The van der Waals surface area contributed by atoms with Gasteiger partial charge in [-0.15, -0.1) is 12.4 Å². The van der Waals surface area contributed by atoms with Crippen molar-refractivity contribution in [2.24, 2.45) is 0 Å². The van der Waals surface area contributed by atoms with Crippen LogP contribution in [0.3, 0.4) is 0 Å². The first kappa shape index (κ1) is 19.8. The van der Waals surface area contributed by atoms with Crippen LogP contribution in [0.2, 0.25) is 0 Å². The molecule has 1 aromatic rings. The van der Waals surface area contributed by atoms with Crippen LogP contribution in [0.1, 0.15) is 55.8 Å². The molecule has 0 unspecified atom stereocenters. The zero-order chi connectivity index (χ0) is 15.6. The molecule has 0 heterocycles. The molecule has 0 spiro atoms. The van der Waals surface area contributed by atoms with E-state index in [0.717, 1.165) is 38.1 Å². The van der Waals surface area contributed by atoms with Crippen molar-refractivity contribution in [2.45, 2.75) is 51.6 Å². The number of rotatable bonds is 8. The molecule has 0 saturated heterocycles. The van der Waals surface area contributed by atoms with Crippen molar-refractivity contribution in [1.29, 1.82) is 0 Å². The van der Waals surface area contributed by atoms with Crippen LogP contribution in [0.15, 0.2) is 24.3 Å². The van der Waals surface area contributed by atoms with Crippen molar-refractivity contribution >= 4 is 18.3 Å². The standard InChI is InChI=1S/C18H28N2O2.ClH/c1-2-12-19-13-14-20-18(21)15-8-10-17(11-9-15)22-16-6-4-3-5-7-16;/h8-11,16,19H,2-7,12-14H2,1H3,(H,20,21);1H. The monoisotopic (exact) mass is 340 g/mol. The summed E-state index contributed by atoms with van der Waals surface area (Å²) < 4.78 is 5.97. The summed E-state index contributed by atoms with van der Waals surface area (Å²) in [6, 6.07) is 7.48. The third-order valence-electron chi connectivity index (χ3n) is 3.99. The lowest BCUT2D eigenvalue weighted by molar-refractivity contribution is 0.0954. The summed E-state index contributed by atoms with van der Waals surface area (Å²) in [6.45, 7) is 4.58. The van der Waals surface area contributed by atoms with E-state index in [1.807, 2.05) is 24.3 Å². The van der Waals surface area contributed by atoms with Gasteiger partial charge < -0.3 is 15.4 Å². The van der Waals surface area contributed by atoms with Crippen molar-refractivity contribution in [3.05, 3.63) is 29.8 Å². The third-order valence-corrected chi connectivity index (χ3v) is 3.99. The van der Waals surface area contributed by atoms with E-state index in [1.54, 1.807) is 0 Å². The molecule has 2 N–H and O–H groups in total. The van der Waals surface area contributed by atoms with Crippen LogP contribution in [0, 0.1) is 0 Å². The zero-order valence-corrected chi connectivity index (χ0v) is 14.8. The van der Waals surface area contributed by atoms with Gasteiger partial charge in [0.05, 0.1) is 6.10 Å². The number of hydrogen-bond donors (Lipinski definition) is 2. The number of halogens is 1. The predicted molar refractivity (Wildman–Crippen MR) is 96.7 cm³/mol. The van der Waals surface area contributed by atoms with Crippen LogP contribution in [0.25, 0.3) is 0 Å². The fraction of sp³-hybridized carbons (Fsp3) is 0.611. The van der Waals surface area contributed by atoms with Gasteiger partial charge in [-0.1, -0.05) is 13.3 Å². The van der Waals surface area contributed by atoms with Crippen LogP contribution in [-0.2, 0) is 0 Å². The fourth-order valence-electron chi connectivity index (χ4n) is 2.73. The molecule has 1 aliphatic carbocycles. The third kappa shape index (κ3) is 7.23. The second-order valence-corrected chi connectivity index (χ2v) is 5.91. The van der Waals surface area contributed by atoms with Crippen LogP contribution in [-0.4, -0.2) is 31.6 Å². The molecular weight excluding hydrogens is 312 g/mol. The van der Waals surface area contributed by atoms with E-state index in [1.165, 1.54) is 19.3 Å². The van der Waals surface area contributed by atoms with Gasteiger partial charge in [-0.25, -0.2) is 0 Å². The van der Waals surface area contributed by atoms with Crippen LogP contribution in [0.5, 0.6) is 5.75 Å². The molecule has 5 heteroatoms. The van der Waals surface area contributed by atoms with Gasteiger partial charge in [-0.3, -0.25) is 4.79 Å². The normalized spacial score (nSPS) is 14.8. The molecule has 0 atom stereocenters. The highest BCUT2D eigenvalue weighted by Crippen LogP contribution is 2.23. The van der Waals surface area contributed by atoms with Crippen molar-refractivity contribution in [3.8, 4) is 5.75 Å². The van der Waals surface area contributed by atoms with Gasteiger partial charge in [0.15, 0.2) is 0 Å². The minimum Gasteiger partial charge on any atom is -0.490 e. The summed E-state index contributed by atoms with van der Waals surface area (Å²) >= 11 is 0. The Labute approximate surface area is 145 Å². The summed E-state index contributed by atoms with van der Waals surface area (Å²) in [5.41, 5.74) is 0.687. The van der Waals surface area contributed by atoms with E-state index < -0.39 is 0 Å². The van der Waals surface area contributed by atoms with Gasteiger partial charge in [0, 0.05) is 18.7 Å². The molecule has 1 amide bonds. The highest BCUT2D eigenvalue weighted by molar-refractivity contribution is 5.94. The average Bonchev–Trinajstić information content (AvgIpc) is 2.56. The molecule has 1 aromatic carbocycles. The molecule has 0 bridgehead atoms. The Morgan fingerprint density at radius 2 is 1.78 bits per heavy atom. The van der Waals surface area contributed by atoms with Crippen molar-refractivity contribution in [1.82, 2.24) is 10.6 Å². The van der Waals surface area contributed by atoms with Gasteiger partial charge in [-0.2, -0.15) is 0 Å². The smallest absolute Gasteiger partial charge is 0.251 e. The maximum absolute atomic E-state index is 12.0. The summed E-state index contributed by atoms with van der Waals surface area (Å²) in [5.74, 6) is 0.843. The first-order chi connectivity index (χ1) is 10.8. The van der Waals surface area contributed by atoms with Gasteiger partial charge in [0.2, 0.25) is 0 Å². The second-order valence-electron chi connectivity index (χ2n) is 5.91. The summed E-state index contributed by atoms with van der Waals surface area (Å²) in [4.78, 5) is 12.0. The van der Waals surface area contributed by atoms with Gasteiger partial charge in [0.25, 0.3) is 5.91 Å². The van der Waals surface area contributed by atoms with Crippen LogP contribution in [0.4, 0.5) is 0 Å². The largest absolute Gasteiger partial charge is 0.490 e. The average molecular weight is 341 g/mol. The number of nitrogens with one attached hydrogen (secondary N) is 2. The molecule has 1 fully saturated rings. The molecule has 1 saturated carbocycles. The molecule has 130 valence electrons. The summed E-state index contributed by atoms with van der Waals surface area (Å²) in [6.07, 6.45) is 7.59. The van der Waals surface area contributed by atoms with Crippen molar-refractivity contribution in [2.75, 3.05) is 19.6 Å². The molecule has 0 aromatic heterocycles. The van der Waals surface area contributed by atoms with E-state index in [4.69, 9.17) is 4.74 Å². The first-order valence-electron chi connectivity index (χ1n) is 8.55. The highest BCUT2D eigenvalue weighted by Gasteiger charge is 2.15. The second kappa shape index (κ2) is 11.3. The molecule has 1 aliphatic rings. The minimum absolute atomic E-state index is 0. The van der Waals surface area contributed by atoms with Gasteiger partial charge in [-0.05, 0) is 62.9 Å². The topological polar surface area (TPSA) is 50.4 Å². The van der Waals surface area contributed by atoms with E-state index in [2.05, 4.69) is 17.6 Å². The zero-order valence-electron chi connectivity index (χ0n) is 14.0. The fourth-order valence-corrected chi connectivity index (χ4v) is 2.73. The van der Waals surface area contributed by atoms with E-state index in [9.17, 15) is 4.79 Å². The van der Waals surface area contributed by atoms with E-state index >= 15 is 0 Å². The first-order valence-corrected chi connectivity index (χ1v) is 8.55. The maximum Gasteiger partial charge on any atom is 0.251 e. The molecule has 23 heavy (non-hydrogen) atoms. The Hall–Kier alpha value is -1.26. The Morgan fingerprint density at radius 1 is 1.09 bits per heavy atom. The maximum atomic E-state index is 12.0. The van der Waals surface area contributed by atoms with Crippen molar-refractivity contribution in [3.63, 3.8) is 0 Å². The number of hydrogen-bond acceptors (Lipinski definition) is 3. The number of amides is 1. The summed E-state index contributed by atoms with van der Waals surface area (Å²) in [7, 11) is 0. The summed E-state index contributed by atoms with van der Waals surface area (Å²) in [5, 5.41) is 6.18. The number of carbonyl (C=O) groups is 1. The van der Waals surface area contributed by atoms with E-state index in [-0.39, 0.29) is 18.3 Å². The molecule has 2 rings (SSSR count). The Balaban J connectivity index is 0.00000264. The number of carbonyl (C=O) groups excluding carboxylic acids is 1. The Kier molecular flexibility index (Phi) is 9.72. The van der Waals surface area contributed by atoms with Crippen LogP contribution >= 0.6 is 12.4 Å². The van der Waals surface area contributed by atoms with E-state index in [0.29, 0.717) is 18.2 Å². The Morgan fingerprint density at radius 3 is 2.43 bits per heavy atom. The SMILES string of the molecule is CCCNCCNC(=O)c1ccc(OC2CCCCC2)cc1.Cl. The Bertz CT molecular complexity index is 445. The molecule has 4 nitrogen and oxygen atoms in total. The van der Waals surface area contributed by atoms with Gasteiger partial charge in [0.1, 0.15) is 5.75 Å². The predicted octanol–water partition coefficient (Wildman–Crippen LogP) is 3.55. The quantitative estimate of drug-likeness (QED) is 0.711. The molecule has 0 aliphatic heterocycles. The lowest BCUT2D eigenvalue weighted by atomic mass is 9.98. The van der Waals surface area contributed by atoms with Crippen molar-refractivity contribution < 1.29 is 9.53 Å². The highest BCUT2D eigenvalue weighted by atomic mass is 35.5. The lowest BCUT2D eigenvalue weighted by Gasteiger charge is -2.23. The lowest BCUT2D eigenvalue weighted by Crippen LogP contribution is -2.32. The van der Waals surface area contributed by atoms with Gasteiger partial charge >= 0.3 is 0 Å². The number of benzene rings is 1. The van der Waals surface area contributed by atoms with Crippen LogP contribution < -0.4 is 15.4 Å². The molecular formula is C18H29ClN2O2. The molecule has 0 radical (unpaired) electrons. The number of ether oxygens (including phenoxy) is 1. The minimum atomic E-state index is -0.0254.